The van der Waals surface area contributed by atoms with Crippen molar-refractivity contribution in [1.82, 2.24) is 4.90 Å². The maximum Gasteiger partial charge on any atom is 0.266 e. The van der Waals surface area contributed by atoms with E-state index in [1.54, 1.807) is 4.90 Å². The highest BCUT2D eigenvalue weighted by Gasteiger charge is 2.32. The van der Waals surface area contributed by atoms with Crippen molar-refractivity contribution >= 4 is 40.3 Å². The predicted molar refractivity (Wildman–Crippen MR) is 109 cm³/mol. The zero-order valence-corrected chi connectivity index (χ0v) is 16.3. The summed E-state index contributed by atoms with van der Waals surface area (Å²) in [5, 5.41) is 0. The number of thioether (sulfide) groups is 1. The summed E-state index contributed by atoms with van der Waals surface area (Å²) in [6.07, 6.45) is 1.84. The molecule has 2 aromatic carbocycles. The summed E-state index contributed by atoms with van der Waals surface area (Å²) < 4.78 is 16.9. The fourth-order valence-electron chi connectivity index (χ4n) is 2.89. The van der Waals surface area contributed by atoms with Gasteiger partial charge in [0.15, 0.2) is 11.5 Å². The van der Waals surface area contributed by atoms with E-state index in [1.165, 1.54) is 11.8 Å². The standard InChI is InChI=1S/C20H17NO4S2/c1-2-23-15-6-4-3-5-14(15)10-18-19(22)21(20(26)27-18)11-13-7-8-16-17(9-13)25-12-24-16/h3-10H,2,11-12H2,1H3. The molecule has 0 radical (unpaired) electrons. The first-order chi connectivity index (χ1) is 13.2. The molecule has 2 aliphatic heterocycles. The highest BCUT2D eigenvalue weighted by Crippen LogP contribution is 2.37. The van der Waals surface area contributed by atoms with Crippen LogP contribution in [0.5, 0.6) is 17.2 Å². The minimum atomic E-state index is -0.103. The van der Waals surface area contributed by atoms with Crippen molar-refractivity contribution in [3.05, 3.63) is 58.5 Å². The quantitative estimate of drug-likeness (QED) is 0.554. The van der Waals surface area contributed by atoms with Gasteiger partial charge in [0, 0.05) is 5.56 Å². The zero-order valence-electron chi connectivity index (χ0n) is 14.6. The molecule has 7 heteroatoms. The summed E-state index contributed by atoms with van der Waals surface area (Å²) in [7, 11) is 0. The summed E-state index contributed by atoms with van der Waals surface area (Å²) >= 11 is 6.74. The number of nitrogens with zero attached hydrogens (tertiary/aromatic N) is 1. The lowest BCUT2D eigenvalue weighted by Crippen LogP contribution is -2.27. The number of hydrogen-bond acceptors (Lipinski definition) is 6. The Morgan fingerprint density at radius 2 is 2.04 bits per heavy atom. The molecule has 2 aliphatic rings. The van der Waals surface area contributed by atoms with Crippen molar-refractivity contribution < 1.29 is 19.0 Å². The lowest BCUT2D eigenvalue weighted by atomic mass is 10.1. The van der Waals surface area contributed by atoms with Crippen molar-refractivity contribution in [2.75, 3.05) is 13.4 Å². The number of carbonyl (C=O) groups excluding carboxylic acids is 1. The number of para-hydroxylation sites is 1. The van der Waals surface area contributed by atoms with Crippen molar-refractivity contribution in [3.8, 4) is 17.2 Å². The van der Waals surface area contributed by atoms with E-state index in [1.807, 2.05) is 55.5 Å². The van der Waals surface area contributed by atoms with Crippen LogP contribution in [0.4, 0.5) is 0 Å². The first-order valence-electron chi connectivity index (χ1n) is 8.51. The molecule has 1 amide bonds. The number of fused-ring (bicyclic) bond motifs is 1. The Morgan fingerprint density at radius 3 is 2.89 bits per heavy atom. The third kappa shape index (κ3) is 3.65. The van der Waals surface area contributed by atoms with Gasteiger partial charge >= 0.3 is 0 Å². The molecule has 0 saturated carbocycles. The summed E-state index contributed by atoms with van der Waals surface area (Å²) in [4.78, 5) is 15.1. The van der Waals surface area contributed by atoms with E-state index < -0.39 is 0 Å². The first-order valence-corrected chi connectivity index (χ1v) is 9.74. The van der Waals surface area contributed by atoms with Crippen LogP contribution >= 0.6 is 24.0 Å². The van der Waals surface area contributed by atoms with Gasteiger partial charge in [0.25, 0.3) is 5.91 Å². The molecule has 1 fully saturated rings. The largest absolute Gasteiger partial charge is 0.493 e. The number of carbonyl (C=O) groups is 1. The van der Waals surface area contributed by atoms with Crippen LogP contribution in [0.2, 0.25) is 0 Å². The van der Waals surface area contributed by atoms with E-state index in [0.717, 1.165) is 22.6 Å². The van der Waals surface area contributed by atoms with E-state index in [2.05, 4.69) is 0 Å². The molecule has 2 aromatic rings. The maximum absolute atomic E-state index is 12.9. The molecule has 0 atom stereocenters. The molecule has 0 bridgehead atoms. The van der Waals surface area contributed by atoms with Gasteiger partial charge in [-0.25, -0.2) is 0 Å². The number of hydrogen-bond donors (Lipinski definition) is 0. The van der Waals surface area contributed by atoms with Gasteiger partial charge in [0.05, 0.1) is 18.1 Å². The van der Waals surface area contributed by atoms with E-state index in [-0.39, 0.29) is 12.7 Å². The van der Waals surface area contributed by atoms with Crippen LogP contribution in [0.15, 0.2) is 47.4 Å². The Balaban J connectivity index is 1.55. The van der Waals surface area contributed by atoms with Crippen LogP contribution in [0.1, 0.15) is 18.1 Å². The lowest BCUT2D eigenvalue weighted by molar-refractivity contribution is -0.122. The minimum Gasteiger partial charge on any atom is -0.493 e. The van der Waals surface area contributed by atoms with Gasteiger partial charge in [-0.1, -0.05) is 48.2 Å². The number of amides is 1. The number of ether oxygens (including phenoxy) is 3. The predicted octanol–water partition coefficient (Wildman–Crippen LogP) is 4.22. The number of benzene rings is 2. The fourth-order valence-corrected chi connectivity index (χ4v) is 4.13. The third-order valence-electron chi connectivity index (χ3n) is 4.16. The second-order valence-corrected chi connectivity index (χ2v) is 7.60. The van der Waals surface area contributed by atoms with Crippen molar-refractivity contribution in [2.45, 2.75) is 13.5 Å². The van der Waals surface area contributed by atoms with Gasteiger partial charge in [0.2, 0.25) is 6.79 Å². The van der Waals surface area contributed by atoms with Gasteiger partial charge < -0.3 is 14.2 Å². The maximum atomic E-state index is 12.9. The molecule has 27 heavy (non-hydrogen) atoms. The summed E-state index contributed by atoms with van der Waals surface area (Å²) in [5.41, 5.74) is 1.80. The topological polar surface area (TPSA) is 48.0 Å². The van der Waals surface area contributed by atoms with Crippen molar-refractivity contribution in [2.24, 2.45) is 0 Å². The van der Waals surface area contributed by atoms with Crippen LogP contribution in [-0.4, -0.2) is 28.5 Å². The molecule has 0 aromatic heterocycles. The van der Waals surface area contributed by atoms with E-state index >= 15 is 0 Å². The molecule has 0 unspecified atom stereocenters. The average Bonchev–Trinajstić information content (AvgIpc) is 3.23. The van der Waals surface area contributed by atoms with E-state index in [0.29, 0.717) is 28.1 Å². The summed E-state index contributed by atoms with van der Waals surface area (Å²) in [5.74, 6) is 2.06. The number of thiocarbonyl (C=S) groups is 1. The molecule has 0 N–H and O–H groups in total. The molecular formula is C20H17NO4S2. The molecule has 5 nitrogen and oxygen atoms in total. The fraction of sp³-hybridized carbons (Fsp3) is 0.200. The van der Waals surface area contributed by atoms with Gasteiger partial charge in [0.1, 0.15) is 10.1 Å². The zero-order chi connectivity index (χ0) is 18.8. The van der Waals surface area contributed by atoms with Crippen LogP contribution in [-0.2, 0) is 11.3 Å². The normalized spacial score (nSPS) is 17.1. The van der Waals surface area contributed by atoms with Gasteiger partial charge in [-0.05, 0) is 36.8 Å². The Morgan fingerprint density at radius 1 is 1.22 bits per heavy atom. The Kier molecular flexibility index (Phi) is 5.05. The molecule has 4 rings (SSSR count). The summed E-state index contributed by atoms with van der Waals surface area (Å²) in [6, 6.07) is 13.3. The average molecular weight is 399 g/mol. The molecule has 2 heterocycles. The molecule has 138 valence electrons. The van der Waals surface area contributed by atoms with Gasteiger partial charge in [-0.3, -0.25) is 9.69 Å². The minimum absolute atomic E-state index is 0.103. The van der Waals surface area contributed by atoms with E-state index in [4.69, 9.17) is 26.4 Å². The van der Waals surface area contributed by atoms with Crippen molar-refractivity contribution in [1.29, 1.82) is 0 Å². The second kappa shape index (κ2) is 7.62. The van der Waals surface area contributed by atoms with Crippen LogP contribution in [0.25, 0.3) is 6.08 Å². The summed E-state index contributed by atoms with van der Waals surface area (Å²) in [6.45, 7) is 3.12. The molecular weight excluding hydrogens is 382 g/mol. The Labute approximate surface area is 166 Å². The van der Waals surface area contributed by atoms with Crippen LogP contribution in [0, 0.1) is 0 Å². The highest BCUT2D eigenvalue weighted by molar-refractivity contribution is 8.26. The van der Waals surface area contributed by atoms with Gasteiger partial charge in [-0.2, -0.15) is 0 Å². The second-order valence-electron chi connectivity index (χ2n) is 5.93. The van der Waals surface area contributed by atoms with Crippen LogP contribution < -0.4 is 14.2 Å². The molecule has 0 aliphatic carbocycles. The SMILES string of the molecule is CCOc1ccccc1C=C1SC(=S)N(Cc2ccc3c(c2)OCO3)C1=O. The first kappa shape index (κ1) is 17.9. The van der Waals surface area contributed by atoms with Crippen molar-refractivity contribution in [3.63, 3.8) is 0 Å². The van der Waals surface area contributed by atoms with Gasteiger partial charge in [-0.15, -0.1) is 0 Å². The molecule has 1 saturated heterocycles. The Hall–Kier alpha value is -2.51. The third-order valence-corrected chi connectivity index (χ3v) is 5.53. The number of rotatable bonds is 5. The lowest BCUT2D eigenvalue weighted by Gasteiger charge is -2.14. The van der Waals surface area contributed by atoms with E-state index in [9.17, 15) is 4.79 Å². The molecule has 0 spiro atoms. The monoisotopic (exact) mass is 399 g/mol. The smallest absolute Gasteiger partial charge is 0.266 e. The highest BCUT2D eigenvalue weighted by atomic mass is 32.2. The van der Waals surface area contributed by atoms with Crippen LogP contribution in [0.3, 0.4) is 0 Å². The Bertz CT molecular complexity index is 941.